The molecule has 1 N–H and O–H groups in total. The number of ether oxygens (including phenoxy) is 1. The van der Waals surface area contributed by atoms with Gasteiger partial charge in [-0.25, -0.2) is 4.39 Å². The van der Waals surface area contributed by atoms with E-state index in [9.17, 15) is 4.39 Å². The molecule has 0 spiro atoms. The Morgan fingerprint density at radius 3 is 2.90 bits per heavy atom. The van der Waals surface area contributed by atoms with Crippen molar-refractivity contribution in [2.75, 3.05) is 13.1 Å². The van der Waals surface area contributed by atoms with Crippen LogP contribution in [0.5, 0.6) is 5.75 Å². The third-order valence-corrected chi connectivity index (χ3v) is 4.80. The third-order valence-electron chi connectivity index (χ3n) is 4.80. The zero-order valence-electron chi connectivity index (χ0n) is 12.4. The van der Waals surface area contributed by atoms with Gasteiger partial charge in [0.15, 0.2) is 0 Å². The minimum atomic E-state index is -0.161. The Morgan fingerprint density at radius 1 is 1.40 bits per heavy atom. The van der Waals surface area contributed by atoms with E-state index in [4.69, 9.17) is 4.74 Å². The Morgan fingerprint density at radius 2 is 2.20 bits per heavy atom. The summed E-state index contributed by atoms with van der Waals surface area (Å²) in [6, 6.07) is 4.87. The fourth-order valence-electron chi connectivity index (χ4n) is 3.50. The van der Waals surface area contributed by atoms with Crippen molar-refractivity contribution in [1.29, 1.82) is 0 Å². The molecule has 1 heterocycles. The molecule has 1 fully saturated rings. The summed E-state index contributed by atoms with van der Waals surface area (Å²) in [5.41, 5.74) is 1.33. The van der Waals surface area contributed by atoms with Gasteiger partial charge in [-0.05, 0) is 55.3 Å². The number of benzene rings is 1. The van der Waals surface area contributed by atoms with Crippen LogP contribution in [0.4, 0.5) is 4.39 Å². The molecular formula is C17H24FNO. The molecule has 1 aliphatic heterocycles. The number of halogens is 1. The lowest BCUT2D eigenvalue weighted by molar-refractivity contribution is 0.126. The first kappa shape index (κ1) is 13.9. The fraction of sp³-hybridized carbons (Fsp3) is 0.647. The molecular weight excluding hydrogens is 253 g/mol. The molecule has 0 saturated heterocycles. The number of nitrogens with one attached hydrogen (secondary N) is 1. The molecule has 2 nitrogen and oxygen atoms in total. The summed E-state index contributed by atoms with van der Waals surface area (Å²) in [5.74, 6) is 1.54. The summed E-state index contributed by atoms with van der Waals surface area (Å²) in [5, 5.41) is 3.50. The number of hydrogen-bond donors (Lipinski definition) is 1. The van der Waals surface area contributed by atoms with Crippen molar-refractivity contribution in [3.8, 4) is 5.75 Å². The average Bonchev–Trinajstić information content (AvgIpc) is 3.19. The standard InChI is InChI=1S/C17H24FNO/c1-3-19-11-17(2,13-4-5-13)10-15-9-12-8-14(18)6-7-16(12)20-15/h6-8,13,15,19H,3-5,9-11H2,1-2H3. The Bertz CT molecular complexity index is 486. The lowest BCUT2D eigenvalue weighted by Crippen LogP contribution is -2.37. The van der Waals surface area contributed by atoms with Crippen LogP contribution in [-0.2, 0) is 6.42 Å². The van der Waals surface area contributed by atoms with Crippen molar-refractivity contribution in [1.82, 2.24) is 5.32 Å². The lowest BCUT2D eigenvalue weighted by atomic mass is 9.78. The van der Waals surface area contributed by atoms with Crippen LogP contribution in [0.15, 0.2) is 18.2 Å². The quantitative estimate of drug-likeness (QED) is 0.858. The maximum absolute atomic E-state index is 13.3. The second-order valence-electron chi connectivity index (χ2n) is 6.61. The first-order valence-corrected chi connectivity index (χ1v) is 7.76. The molecule has 2 atom stereocenters. The van der Waals surface area contributed by atoms with E-state index in [0.717, 1.165) is 43.2 Å². The van der Waals surface area contributed by atoms with E-state index in [-0.39, 0.29) is 11.9 Å². The van der Waals surface area contributed by atoms with Gasteiger partial charge >= 0.3 is 0 Å². The molecule has 3 heteroatoms. The molecule has 110 valence electrons. The Balaban J connectivity index is 1.66. The summed E-state index contributed by atoms with van der Waals surface area (Å²) in [4.78, 5) is 0. The summed E-state index contributed by atoms with van der Waals surface area (Å²) in [7, 11) is 0. The first-order valence-electron chi connectivity index (χ1n) is 7.76. The summed E-state index contributed by atoms with van der Waals surface area (Å²) >= 11 is 0. The van der Waals surface area contributed by atoms with Gasteiger partial charge in [-0.15, -0.1) is 0 Å². The van der Waals surface area contributed by atoms with Gasteiger partial charge in [-0.3, -0.25) is 0 Å². The van der Waals surface area contributed by atoms with E-state index in [0.29, 0.717) is 5.41 Å². The van der Waals surface area contributed by atoms with Crippen LogP contribution in [-0.4, -0.2) is 19.2 Å². The van der Waals surface area contributed by atoms with Crippen LogP contribution < -0.4 is 10.1 Å². The van der Waals surface area contributed by atoms with Gasteiger partial charge in [0.25, 0.3) is 0 Å². The minimum Gasteiger partial charge on any atom is -0.490 e. The Hall–Kier alpha value is -1.09. The van der Waals surface area contributed by atoms with Gasteiger partial charge in [0, 0.05) is 18.5 Å². The topological polar surface area (TPSA) is 21.3 Å². The Kier molecular flexibility index (Phi) is 3.72. The molecule has 3 rings (SSSR count). The Labute approximate surface area is 120 Å². The molecule has 2 aliphatic rings. The first-order chi connectivity index (χ1) is 9.60. The predicted molar refractivity (Wildman–Crippen MR) is 78.5 cm³/mol. The van der Waals surface area contributed by atoms with Crippen molar-refractivity contribution in [2.24, 2.45) is 11.3 Å². The van der Waals surface area contributed by atoms with Gasteiger partial charge in [0.05, 0.1) is 0 Å². The zero-order valence-corrected chi connectivity index (χ0v) is 12.4. The van der Waals surface area contributed by atoms with Crippen molar-refractivity contribution in [3.63, 3.8) is 0 Å². The monoisotopic (exact) mass is 277 g/mol. The molecule has 0 bridgehead atoms. The van der Waals surface area contributed by atoms with Gasteiger partial charge in [0.2, 0.25) is 0 Å². The van der Waals surface area contributed by atoms with E-state index in [1.165, 1.54) is 18.9 Å². The van der Waals surface area contributed by atoms with Crippen LogP contribution in [0.1, 0.15) is 38.7 Å². The van der Waals surface area contributed by atoms with Crippen molar-refractivity contribution in [2.45, 2.75) is 45.6 Å². The largest absolute Gasteiger partial charge is 0.490 e. The van der Waals surface area contributed by atoms with Crippen LogP contribution in [0, 0.1) is 17.2 Å². The van der Waals surface area contributed by atoms with Crippen LogP contribution in [0.25, 0.3) is 0 Å². The van der Waals surface area contributed by atoms with Crippen molar-refractivity contribution >= 4 is 0 Å². The number of rotatable bonds is 6. The average molecular weight is 277 g/mol. The third kappa shape index (κ3) is 2.83. The van der Waals surface area contributed by atoms with E-state index < -0.39 is 0 Å². The van der Waals surface area contributed by atoms with Gasteiger partial charge in [0.1, 0.15) is 17.7 Å². The summed E-state index contributed by atoms with van der Waals surface area (Å²) in [6.07, 6.45) is 4.80. The van der Waals surface area contributed by atoms with E-state index in [2.05, 4.69) is 19.2 Å². The smallest absolute Gasteiger partial charge is 0.123 e. The van der Waals surface area contributed by atoms with Crippen LogP contribution in [0.2, 0.25) is 0 Å². The molecule has 0 radical (unpaired) electrons. The summed E-state index contributed by atoms with van der Waals surface area (Å²) in [6.45, 7) is 6.59. The van der Waals surface area contributed by atoms with Gasteiger partial charge in [-0.2, -0.15) is 0 Å². The van der Waals surface area contributed by atoms with E-state index in [1.807, 2.05) is 0 Å². The van der Waals surface area contributed by atoms with Crippen molar-refractivity contribution < 1.29 is 9.13 Å². The van der Waals surface area contributed by atoms with Gasteiger partial charge in [-0.1, -0.05) is 13.8 Å². The molecule has 1 aromatic carbocycles. The second-order valence-corrected chi connectivity index (χ2v) is 6.61. The predicted octanol–water partition coefficient (Wildman–Crippen LogP) is 3.55. The molecule has 2 unspecified atom stereocenters. The minimum absolute atomic E-state index is 0.161. The maximum Gasteiger partial charge on any atom is 0.123 e. The zero-order chi connectivity index (χ0) is 14.2. The molecule has 0 amide bonds. The molecule has 1 saturated carbocycles. The van der Waals surface area contributed by atoms with Crippen molar-refractivity contribution in [3.05, 3.63) is 29.6 Å². The lowest BCUT2D eigenvalue weighted by Gasteiger charge is -2.32. The SMILES string of the molecule is CCNCC(C)(CC1Cc2cc(F)ccc2O1)C1CC1. The van der Waals surface area contributed by atoms with Crippen LogP contribution >= 0.6 is 0 Å². The molecule has 20 heavy (non-hydrogen) atoms. The number of hydrogen-bond acceptors (Lipinski definition) is 2. The highest BCUT2D eigenvalue weighted by atomic mass is 19.1. The maximum atomic E-state index is 13.3. The van der Waals surface area contributed by atoms with E-state index >= 15 is 0 Å². The second kappa shape index (κ2) is 5.36. The van der Waals surface area contributed by atoms with Gasteiger partial charge < -0.3 is 10.1 Å². The molecule has 1 aromatic rings. The fourth-order valence-corrected chi connectivity index (χ4v) is 3.50. The molecule has 0 aromatic heterocycles. The highest BCUT2D eigenvalue weighted by molar-refractivity contribution is 5.37. The number of fused-ring (bicyclic) bond motifs is 1. The summed E-state index contributed by atoms with van der Waals surface area (Å²) < 4.78 is 19.3. The molecule has 1 aliphatic carbocycles. The highest BCUT2D eigenvalue weighted by Gasteiger charge is 2.43. The van der Waals surface area contributed by atoms with E-state index in [1.54, 1.807) is 12.1 Å². The van der Waals surface area contributed by atoms with Crippen LogP contribution in [0.3, 0.4) is 0 Å². The normalized spacial score (nSPS) is 24.1. The highest BCUT2D eigenvalue weighted by Crippen LogP contribution is 2.49.